The Hall–Kier alpha value is -3.82. The highest BCUT2D eigenvalue weighted by atomic mass is 32.2. The molecule has 0 unspecified atom stereocenters. The maximum absolute atomic E-state index is 13.1. The van der Waals surface area contributed by atoms with E-state index in [9.17, 15) is 18.3 Å². The fraction of sp³-hybridized carbons (Fsp3) is 0.250. The van der Waals surface area contributed by atoms with Crippen molar-refractivity contribution in [2.75, 3.05) is 43.3 Å². The molecule has 0 radical (unpaired) electrons. The molecule has 1 aliphatic heterocycles. The first-order chi connectivity index (χ1) is 17.8. The Bertz CT molecular complexity index is 1360. The van der Waals surface area contributed by atoms with Gasteiger partial charge in [0.2, 0.25) is 0 Å². The molecule has 0 aliphatic carbocycles. The van der Waals surface area contributed by atoms with Gasteiger partial charge in [0.05, 0.1) is 5.69 Å². The average Bonchev–Trinajstić information content (AvgIpc) is 2.90. The molecule has 194 valence electrons. The monoisotopic (exact) mass is 520 g/mol. The normalized spacial score (nSPS) is 14.6. The second-order valence-corrected chi connectivity index (χ2v) is 10.5. The van der Waals surface area contributed by atoms with E-state index < -0.39 is 10.0 Å². The maximum Gasteiger partial charge on any atom is 0.263 e. The molecule has 0 bridgehead atoms. The summed E-state index contributed by atoms with van der Waals surface area (Å²) >= 11 is 0. The third-order valence-electron chi connectivity index (χ3n) is 6.33. The molecule has 4 rings (SSSR count). The zero-order chi connectivity index (χ0) is 26.4. The lowest BCUT2D eigenvalue weighted by atomic mass is 10.1. The van der Waals surface area contributed by atoms with Gasteiger partial charge in [0.1, 0.15) is 10.6 Å². The Labute approximate surface area is 218 Å². The number of nitrogens with one attached hydrogen (secondary N) is 2. The molecule has 8 nitrogen and oxygen atoms in total. The number of phenols is 1. The lowest BCUT2D eigenvalue weighted by molar-refractivity contribution is 0.0628. The highest BCUT2D eigenvalue weighted by molar-refractivity contribution is 7.92. The molecule has 1 saturated heterocycles. The van der Waals surface area contributed by atoms with Gasteiger partial charge in [-0.3, -0.25) is 14.4 Å². The number of nitrogens with zero attached hydrogens (tertiary/aromatic N) is 2. The van der Waals surface area contributed by atoms with Crippen LogP contribution in [0.3, 0.4) is 0 Å². The number of hydrogen-bond acceptors (Lipinski definition) is 6. The number of phenolic OH excluding ortho intramolecular Hbond substituents is 1. The summed E-state index contributed by atoms with van der Waals surface area (Å²) in [6.45, 7) is 5.37. The number of allylic oxidation sites excluding steroid dienone is 1. The van der Waals surface area contributed by atoms with Gasteiger partial charge < -0.3 is 15.3 Å². The van der Waals surface area contributed by atoms with Crippen LogP contribution in [0.4, 0.5) is 11.4 Å². The van der Waals surface area contributed by atoms with Crippen LogP contribution in [0, 0.1) is 0 Å². The number of rotatable bonds is 8. The van der Waals surface area contributed by atoms with Crippen molar-refractivity contribution in [2.45, 2.75) is 18.4 Å². The predicted molar refractivity (Wildman–Crippen MR) is 147 cm³/mol. The number of benzene rings is 3. The van der Waals surface area contributed by atoms with Crippen molar-refractivity contribution in [1.29, 1.82) is 0 Å². The number of aromatic hydroxyl groups is 1. The molecule has 1 amide bonds. The highest BCUT2D eigenvalue weighted by Crippen LogP contribution is 2.28. The Balaban J connectivity index is 1.38. The van der Waals surface area contributed by atoms with Crippen LogP contribution in [0.25, 0.3) is 6.08 Å². The zero-order valence-corrected chi connectivity index (χ0v) is 21.8. The van der Waals surface area contributed by atoms with E-state index in [-0.39, 0.29) is 16.6 Å². The van der Waals surface area contributed by atoms with Crippen LogP contribution in [0.1, 0.15) is 28.4 Å². The molecule has 9 heteroatoms. The van der Waals surface area contributed by atoms with E-state index in [1.54, 1.807) is 55.6 Å². The first kappa shape index (κ1) is 26.2. The quantitative estimate of drug-likeness (QED) is 0.411. The topological polar surface area (TPSA) is 102 Å². The summed E-state index contributed by atoms with van der Waals surface area (Å²) in [6, 6.07) is 18.8. The van der Waals surface area contributed by atoms with Crippen molar-refractivity contribution < 1.29 is 18.3 Å². The van der Waals surface area contributed by atoms with E-state index in [4.69, 9.17) is 0 Å². The minimum atomic E-state index is -3.85. The molecule has 1 aliphatic rings. The molecule has 0 atom stereocenters. The summed E-state index contributed by atoms with van der Waals surface area (Å²) in [6.07, 6.45) is 3.70. The van der Waals surface area contributed by atoms with Crippen LogP contribution in [-0.4, -0.2) is 62.5 Å². The van der Waals surface area contributed by atoms with Gasteiger partial charge >= 0.3 is 0 Å². The van der Waals surface area contributed by atoms with Crippen LogP contribution in [0.5, 0.6) is 5.75 Å². The number of carbonyl (C=O) groups is 1. The van der Waals surface area contributed by atoms with Gasteiger partial charge in [0.15, 0.2) is 0 Å². The SMILES string of the molecule is C/C=C\c1cccc(S(=O)(=O)Nc2ccc(C(=O)N3CCN(Cc4ccc(O)cc4)CC3)cc2)c1NC. The summed E-state index contributed by atoms with van der Waals surface area (Å²) in [5, 5.41) is 12.4. The van der Waals surface area contributed by atoms with Gasteiger partial charge in [-0.25, -0.2) is 8.42 Å². The van der Waals surface area contributed by atoms with Crippen LogP contribution in [-0.2, 0) is 16.6 Å². The smallest absolute Gasteiger partial charge is 0.263 e. The molecule has 0 saturated carbocycles. The van der Waals surface area contributed by atoms with Crippen molar-refractivity contribution >= 4 is 33.4 Å². The maximum atomic E-state index is 13.1. The number of piperazine rings is 1. The van der Waals surface area contributed by atoms with Crippen LogP contribution in [0.2, 0.25) is 0 Å². The lowest BCUT2D eigenvalue weighted by Crippen LogP contribution is -2.48. The van der Waals surface area contributed by atoms with Gasteiger partial charge in [0.25, 0.3) is 15.9 Å². The Morgan fingerprint density at radius 3 is 2.27 bits per heavy atom. The van der Waals surface area contributed by atoms with Gasteiger partial charge in [-0.05, 0) is 60.5 Å². The fourth-order valence-corrected chi connectivity index (χ4v) is 5.70. The summed E-state index contributed by atoms with van der Waals surface area (Å²) in [7, 11) is -2.16. The largest absolute Gasteiger partial charge is 0.508 e. The summed E-state index contributed by atoms with van der Waals surface area (Å²) in [4.78, 5) is 17.3. The number of sulfonamides is 1. The number of anilines is 2. The third kappa shape index (κ3) is 6.31. The minimum absolute atomic E-state index is 0.0739. The standard InChI is InChI=1S/C28H32N4O4S/c1-3-5-22-6-4-7-26(27(22)29-2)37(35,36)30-24-12-10-23(11-13-24)28(34)32-18-16-31(17-19-32)20-21-8-14-25(33)15-9-21/h3-15,29-30,33H,16-20H2,1-2H3/b5-3-. The van der Waals surface area contributed by atoms with Gasteiger partial charge in [-0.15, -0.1) is 0 Å². The first-order valence-corrected chi connectivity index (χ1v) is 13.6. The van der Waals surface area contributed by atoms with Crippen LogP contribution >= 0.6 is 0 Å². The zero-order valence-electron chi connectivity index (χ0n) is 21.0. The van der Waals surface area contributed by atoms with Crippen molar-refractivity contribution in [1.82, 2.24) is 9.80 Å². The number of hydrogen-bond donors (Lipinski definition) is 3. The molecular weight excluding hydrogens is 488 g/mol. The van der Waals surface area contributed by atoms with Crippen molar-refractivity contribution in [3.8, 4) is 5.75 Å². The second-order valence-electron chi connectivity index (χ2n) is 8.89. The molecule has 0 aromatic heterocycles. The minimum Gasteiger partial charge on any atom is -0.508 e. The Morgan fingerprint density at radius 2 is 1.65 bits per heavy atom. The highest BCUT2D eigenvalue weighted by Gasteiger charge is 2.23. The summed E-state index contributed by atoms with van der Waals surface area (Å²) < 4.78 is 28.8. The molecular formula is C28H32N4O4S. The van der Waals surface area contributed by atoms with Gasteiger partial charge in [-0.2, -0.15) is 0 Å². The molecule has 1 heterocycles. The number of carbonyl (C=O) groups excluding carboxylic acids is 1. The number of amides is 1. The van der Waals surface area contributed by atoms with E-state index in [1.165, 1.54) is 0 Å². The van der Waals surface area contributed by atoms with Gasteiger partial charge in [-0.1, -0.05) is 36.4 Å². The average molecular weight is 521 g/mol. The van der Waals surface area contributed by atoms with Gasteiger partial charge in [0, 0.05) is 51.0 Å². The van der Waals surface area contributed by atoms with Crippen LogP contribution < -0.4 is 10.0 Å². The molecule has 37 heavy (non-hydrogen) atoms. The fourth-order valence-electron chi connectivity index (χ4n) is 4.40. The Morgan fingerprint density at radius 1 is 0.973 bits per heavy atom. The van der Waals surface area contributed by atoms with Crippen molar-refractivity contribution in [2.24, 2.45) is 0 Å². The van der Waals surface area contributed by atoms with Crippen LogP contribution in [0.15, 0.2) is 77.7 Å². The summed E-state index contributed by atoms with van der Waals surface area (Å²) in [5.74, 6) is 0.175. The van der Waals surface area contributed by atoms with E-state index >= 15 is 0 Å². The second kappa shape index (κ2) is 11.5. The first-order valence-electron chi connectivity index (χ1n) is 12.2. The lowest BCUT2D eigenvalue weighted by Gasteiger charge is -2.34. The molecule has 3 N–H and O–H groups in total. The molecule has 3 aromatic rings. The third-order valence-corrected chi connectivity index (χ3v) is 7.75. The van der Waals surface area contributed by atoms with E-state index in [0.717, 1.165) is 30.8 Å². The summed E-state index contributed by atoms with van der Waals surface area (Å²) in [5.41, 5.74) is 3.31. The molecule has 1 fully saturated rings. The molecule has 0 spiro atoms. The predicted octanol–water partition coefficient (Wildman–Crippen LogP) is 4.23. The van der Waals surface area contributed by atoms with E-state index in [2.05, 4.69) is 14.9 Å². The van der Waals surface area contributed by atoms with E-state index in [0.29, 0.717) is 30.0 Å². The van der Waals surface area contributed by atoms with E-state index in [1.807, 2.05) is 42.2 Å². The Kier molecular flexibility index (Phi) is 8.15. The van der Waals surface area contributed by atoms with Crippen molar-refractivity contribution in [3.63, 3.8) is 0 Å². The van der Waals surface area contributed by atoms with Crippen molar-refractivity contribution in [3.05, 3.63) is 89.5 Å². The molecule has 3 aromatic carbocycles. The number of para-hydroxylation sites is 1.